The Morgan fingerprint density at radius 2 is 0.750 bits per heavy atom. The van der Waals surface area contributed by atoms with Crippen LogP contribution < -0.4 is 9.80 Å². The third kappa shape index (κ3) is 1.93. The molecule has 2 heteroatoms. The number of hydrogen-bond donors (Lipinski definition) is 0. The Hall–Kier alpha value is -3.52. The van der Waals surface area contributed by atoms with Gasteiger partial charge < -0.3 is 9.80 Å². The lowest BCUT2D eigenvalue weighted by atomic mass is 9.70. The van der Waals surface area contributed by atoms with Crippen molar-refractivity contribution in [2.24, 2.45) is 0 Å². The van der Waals surface area contributed by atoms with E-state index in [0.29, 0.717) is 0 Å². The molecule has 4 aromatic rings. The lowest BCUT2D eigenvalue weighted by Crippen LogP contribution is -2.38. The van der Waals surface area contributed by atoms with Gasteiger partial charge in [0.2, 0.25) is 0 Å². The Bertz CT molecular complexity index is 1330. The average molecular weight is 415 g/mol. The van der Waals surface area contributed by atoms with Crippen molar-refractivity contribution < 1.29 is 0 Å². The van der Waals surface area contributed by atoms with Crippen molar-refractivity contribution >= 4 is 34.1 Å². The minimum Gasteiger partial charge on any atom is -0.306 e. The topological polar surface area (TPSA) is 6.48 Å². The third-order valence-corrected chi connectivity index (χ3v) is 7.94. The molecule has 156 valence electrons. The van der Waals surface area contributed by atoms with Crippen LogP contribution in [0.3, 0.4) is 0 Å². The molecular weight excluding hydrogens is 388 g/mol. The molecule has 32 heavy (non-hydrogen) atoms. The molecule has 0 spiro atoms. The maximum absolute atomic E-state index is 2.52. The van der Waals surface area contributed by atoms with Crippen molar-refractivity contribution in [1.29, 1.82) is 0 Å². The summed E-state index contributed by atoms with van der Waals surface area (Å²) < 4.78 is 0. The van der Waals surface area contributed by atoms with Gasteiger partial charge in [0.15, 0.2) is 0 Å². The van der Waals surface area contributed by atoms with E-state index in [-0.39, 0.29) is 10.8 Å². The highest BCUT2D eigenvalue weighted by Gasteiger charge is 2.46. The quantitative estimate of drug-likeness (QED) is 0.252. The van der Waals surface area contributed by atoms with Gasteiger partial charge in [-0.25, -0.2) is 0 Å². The van der Waals surface area contributed by atoms with E-state index in [0.717, 1.165) is 0 Å². The number of nitrogens with zero attached hydrogens (tertiary/aromatic N) is 2. The second kappa shape index (κ2) is 5.63. The van der Waals surface area contributed by atoms with Crippen molar-refractivity contribution in [2.75, 3.05) is 9.80 Å². The van der Waals surface area contributed by atoms with Crippen LogP contribution in [0.1, 0.15) is 49.9 Å². The van der Waals surface area contributed by atoms with Crippen LogP contribution in [0, 0.1) is 0 Å². The summed E-state index contributed by atoms with van der Waals surface area (Å²) in [5.41, 5.74) is 13.2. The number of para-hydroxylation sites is 4. The van der Waals surface area contributed by atoms with E-state index in [9.17, 15) is 0 Å². The fraction of sp³-hybridized carbons (Fsp3) is 0.200. The van der Waals surface area contributed by atoms with Crippen LogP contribution in [-0.4, -0.2) is 0 Å². The molecule has 0 saturated carbocycles. The minimum absolute atomic E-state index is 0.0673. The van der Waals surface area contributed by atoms with E-state index in [2.05, 4.69) is 122 Å². The van der Waals surface area contributed by atoms with Crippen molar-refractivity contribution in [3.05, 3.63) is 107 Å². The Balaban J connectivity index is 1.67. The second-order valence-corrected chi connectivity index (χ2v) is 10.3. The van der Waals surface area contributed by atoms with Gasteiger partial charge in [-0.15, -0.1) is 0 Å². The Labute approximate surface area is 189 Å². The lowest BCUT2D eigenvalue weighted by Gasteiger charge is -2.52. The molecule has 3 aliphatic heterocycles. The number of anilines is 6. The maximum Gasteiger partial charge on any atom is 0.0744 e. The first-order valence-corrected chi connectivity index (χ1v) is 11.5. The van der Waals surface area contributed by atoms with Crippen molar-refractivity contribution in [3.63, 3.8) is 0 Å². The van der Waals surface area contributed by atoms with Crippen molar-refractivity contribution in [1.82, 2.24) is 0 Å². The van der Waals surface area contributed by atoms with Crippen LogP contribution in [-0.2, 0) is 10.8 Å². The molecule has 0 atom stereocenters. The zero-order valence-corrected chi connectivity index (χ0v) is 19.0. The first-order chi connectivity index (χ1) is 15.4. The minimum atomic E-state index is -0.0673. The van der Waals surface area contributed by atoms with Gasteiger partial charge in [0.1, 0.15) is 0 Å². The van der Waals surface area contributed by atoms with Crippen LogP contribution in [0.4, 0.5) is 34.1 Å². The van der Waals surface area contributed by atoms with Gasteiger partial charge in [0.25, 0.3) is 0 Å². The second-order valence-electron chi connectivity index (χ2n) is 10.3. The normalized spacial score (nSPS) is 17.8. The summed E-state index contributed by atoms with van der Waals surface area (Å²) in [6, 6.07) is 31.5. The lowest BCUT2D eigenvalue weighted by molar-refractivity contribution is 0.623. The van der Waals surface area contributed by atoms with Gasteiger partial charge >= 0.3 is 0 Å². The van der Waals surface area contributed by atoms with Crippen molar-refractivity contribution in [2.45, 2.75) is 38.5 Å². The van der Waals surface area contributed by atoms with E-state index in [1.54, 1.807) is 0 Å². The highest BCUT2D eigenvalue weighted by Crippen LogP contribution is 2.65. The summed E-state index contributed by atoms with van der Waals surface area (Å²) in [6.45, 7) is 9.44. The molecule has 4 aromatic carbocycles. The van der Waals surface area contributed by atoms with E-state index in [4.69, 9.17) is 0 Å². The van der Waals surface area contributed by atoms with Crippen molar-refractivity contribution in [3.8, 4) is 0 Å². The predicted molar refractivity (Wildman–Crippen MR) is 134 cm³/mol. The van der Waals surface area contributed by atoms with Gasteiger partial charge in [0.05, 0.1) is 34.1 Å². The molecule has 0 aliphatic carbocycles. The molecule has 3 aliphatic rings. The number of hydrogen-bond acceptors (Lipinski definition) is 2. The molecule has 0 aromatic heterocycles. The molecule has 0 N–H and O–H groups in total. The van der Waals surface area contributed by atoms with E-state index in [1.807, 2.05) is 0 Å². The molecule has 0 unspecified atom stereocenters. The van der Waals surface area contributed by atoms with E-state index < -0.39 is 0 Å². The molecule has 0 radical (unpaired) electrons. The monoisotopic (exact) mass is 414 g/mol. The molecule has 0 amide bonds. The summed E-state index contributed by atoms with van der Waals surface area (Å²) >= 11 is 0. The summed E-state index contributed by atoms with van der Waals surface area (Å²) in [5.74, 6) is 0. The Morgan fingerprint density at radius 3 is 1.19 bits per heavy atom. The first-order valence-electron chi connectivity index (χ1n) is 11.5. The Morgan fingerprint density at radius 1 is 0.406 bits per heavy atom. The maximum atomic E-state index is 2.52. The molecule has 0 fully saturated rings. The summed E-state index contributed by atoms with van der Waals surface area (Å²) in [6.07, 6.45) is 0. The van der Waals surface area contributed by atoms with Crippen LogP contribution in [0.2, 0.25) is 0 Å². The largest absolute Gasteiger partial charge is 0.306 e. The smallest absolute Gasteiger partial charge is 0.0744 e. The fourth-order valence-electron chi connectivity index (χ4n) is 6.33. The van der Waals surface area contributed by atoms with Crippen LogP contribution >= 0.6 is 0 Å². The molecule has 7 rings (SSSR count). The van der Waals surface area contributed by atoms with Gasteiger partial charge in [0, 0.05) is 10.8 Å². The Kier molecular flexibility index (Phi) is 3.19. The average Bonchev–Trinajstić information content (AvgIpc) is 2.80. The van der Waals surface area contributed by atoms with Crippen LogP contribution in [0.5, 0.6) is 0 Å². The third-order valence-electron chi connectivity index (χ3n) is 7.94. The summed E-state index contributed by atoms with van der Waals surface area (Å²) in [4.78, 5) is 5.04. The van der Waals surface area contributed by atoms with Gasteiger partial charge in [-0.05, 0) is 46.5 Å². The fourth-order valence-corrected chi connectivity index (χ4v) is 6.33. The zero-order valence-electron chi connectivity index (χ0n) is 19.0. The number of rotatable bonds is 0. The van der Waals surface area contributed by atoms with Crippen LogP contribution in [0.25, 0.3) is 0 Å². The first kappa shape index (κ1) is 18.1. The zero-order chi connectivity index (χ0) is 21.8. The molecule has 0 bridgehead atoms. The standard InChI is InChI=1S/C30H26N2/c1-29(2)19-11-5-7-15-23(19)31-26-18-10-14-22-28(26)32(25-17-9-13-21(29)27(25)31)24-16-8-6-12-20(24)30(22,3)4/h5-18H,1-4H3. The van der Waals surface area contributed by atoms with Gasteiger partial charge in [-0.2, -0.15) is 0 Å². The predicted octanol–water partition coefficient (Wildman–Crippen LogP) is 8.22. The highest BCUT2D eigenvalue weighted by atomic mass is 15.3. The summed E-state index contributed by atoms with van der Waals surface area (Å²) in [7, 11) is 0. The molecule has 3 heterocycles. The van der Waals surface area contributed by atoms with E-state index in [1.165, 1.54) is 56.4 Å². The van der Waals surface area contributed by atoms with Crippen LogP contribution in [0.15, 0.2) is 84.9 Å². The van der Waals surface area contributed by atoms with Gasteiger partial charge in [-0.1, -0.05) is 88.4 Å². The number of fused-ring (bicyclic) bond motifs is 6. The molecular formula is C30H26N2. The van der Waals surface area contributed by atoms with E-state index >= 15 is 0 Å². The SMILES string of the molecule is CC1(C)c2ccccc2N2c3cccc4c3N(c3ccccc3C4(C)C)c3cccc1c32. The number of benzene rings is 4. The van der Waals surface area contributed by atoms with Gasteiger partial charge in [-0.3, -0.25) is 0 Å². The summed E-state index contributed by atoms with van der Waals surface area (Å²) in [5, 5.41) is 0. The molecule has 2 nitrogen and oxygen atoms in total. The highest BCUT2D eigenvalue weighted by molar-refractivity contribution is 6.07. The molecule has 0 saturated heterocycles.